The second-order valence-corrected chi connectivity index (χ2v) is 5.53. The van der Waals surface area contributed by atoms with Crippen LogP contribution >= 0.6 is 0 Å². The third-order valence-corrected chi connectivity index (χ3v) is 3.89. The summed E-state index contributed by atoms with van der Waals surface area (Å²) in [6, 6.07) is 7.61. The number of nitrogens with one attached hydrogen (secondary N) is 1. The van der Waals surface area contributed by atoms with Gasteiger partial charge in [-0.25, -0.2) is 0 Å². The lowest BCUT2D eigenvalue weighted by molar-refractivity contribution is -0.130. The molecule has 0 spiro atoms. The van der Waals surface area contributed by atoms with Crippen molar-refractivity contribution >= 4 is 11.8 Å². The van der Waals surface area contributed by atoms with Crippen LogP contribution in [0.15, 0.2) is 24.3 Å². The summed E-state index contributed by atoms with van der Waals surface area (Å²) in [5, 5.41) is 3.00. The molecule has 2 rings (SSSR count). The van der Waals surface area contributed by atoms with Crippen molar-refractivity contribution in [2.75, 3.05) is 19.6 Å². The minimum atomic E-state index is -0.0114. The lowest BCUT2D eigenvalue weighted by atomic mass is 9.96. The molecular weight excluding hydrogens is 252 g/mol. The summed E-state index contributed by atoms with van der Waals surface area (Å²) in [5.41, 5.74) is 1.80. The lowest BCUT2D eigenvalue weighted by Gasteiger charge is -2.31. The van der Waals surface area contributed by atoms with Crippen molar-refractivity contribution in [3.05, 3.63) is 35.4 Å². The predicted octanol–water partition coefficient (Wildman–Crippen LogP) is 1.98. The molecule has 0 aliphatic carbocycles. The van der Waals surface area contributed by atoms with Crippen LogP contribution in [0.4, 0.5) is 0 Å². The van der Waals surface area contributed by atoms with Gasteiger partial charge in [0, 0.05) is 32.1 Å². The monoisotopic (exact) mass is 274 g/mol. The van der Waals surface area contributed by atoms with E-state index in [9.17, 15) is 9.59 Å². The number of likely N-dealkylation sites (tertiary alicyclic amines) is 1. The van der Waals surface area contributed by atoms with Crippen LogP contribution in [0.25, 0.3) is 0 Å². The number of hydrogen-bond acceptors (Lipinski definition) is 2. The number of piperidine rings is 1. The van der Waals surface area contributed by atoms with Crippen molar-refractivity contribution in [3.8, 4) is 0 Å². The number of nitrogens with zero attached hydrogens (tertiary/aromatic N) is 1. The van der Waals surface area contributed by atoms with E-state index in [-0.39, 0.29) is 11.8 Å². The molecule has 4 heteroatoms. The number of rotatable bonds is 3. The fraction of sp³-hybridized carbons (Fsp3) is 0.500. The van der Waals surface area contributed by atoms with Crippen LogP contribution < -0.4 is 5.32 Å². The zero-order valence-electron chi connectivity index (χ0n) is 12.2. The summed E-state index contributed by atoms with van der Waals surface area (Å²) in [6.07, 6.45) is 1.93. The summed E-state index contributed by atoms with van der Waals surface area (Å²) in [5.74, 6) is 0.606. The molecule has 1 aromatic carbocycles. The Morgan fingerprint density at radius 3 is 2.60 bits per heavy atom. The van der Waals surface area contributed by atoms with Crippen molar-refractivity contribution < 1.29 is 9.59 Å². The minimum absolute atomic E-state index is 0.0114. The SMILES string of the molecule is CC(=O)N1CCC(CNC(=O)c2cccc(C)c2)CC1. The van der Waals surface area contributed by atoms with E-state index in [2.05, 4.69) is 5.32 Å². The first-order valence-corrected chi connectivity index (χ1v) is 7.16. The first-order chi connectivity index (χ1) is 9.56. The summed E-state index contributed by atoms with van der Waals surface area (Å²) in [7, 11) is 0. The van der Waals surface area contributed by atoms with Crippen LogP contribution in [0.5, 0.6) is 0 Å². The Hall–Kier alpha value is -1.84. The molecule has 0 unspecified atom stereocenters. The third-order valence-electron chi connectivity index (χ3n) is 3.89. The van der Waals surface area contributed by atoms with E-state index >= 15 is 0 Å². The Labute approximate surface area is 120 Å². The Balaban J connectivity index is 1.79. The molecule has 0 aromatic heterocycles. The summed E-state index contributed by atoms with van der Waals surface area (Å²) >= 11 is 0. The molecular formula is C16H22N2O2. The van der Waals surface area contributed by atoms with E-state index in [0.717, 1.165) is 31.5 Å². The standard InChI is InChI=1S/C16H22N2O2/c1-12-4-3-5-15(10-12)16(20)17-11-14-6-8-18(9-7-14)13(2)19/h3-5,10,14H,6-9,11H2,1-2H3,(H,17,20). The second kappa shape index (κ2) is 6.55. The predicted molar refractivity (Wildman–Crippen MR) is 78.5 cm³/mol. The van der Waals surface area contributed by atoms with Crippen LogP contribution in [0.1, 0.15) is 35.7 Å². The van der Waals surface area contributed by atoms with E-state index < -0.39 is 0 Å². The van der Waals surface area contributed by atoms with Gasteiger partial charge < -0.3 is 10.2 Å². The smallest absolute Gasteiger partial charge is 0.251 e. The Bertz CT molecular complexity index is 491. The fourth-order valence-electron chi connectivity index (χ4n) is 2.58. The highest BCUT2D eigenvalue weighted by Crippen LogP contribution is 2.16. The van der Waals surface area contributed by atoms with Crippen molar-refractivity contribution in [2.24, 2.45) is 5.92 Å². The average Bonchev–Trinajstić information content (AvgIpc) is 2.45. The van der Waals surface area contributed by atoms with Gasteiger partial charge in [-0.2, -0.15) is 0 Å². The van der Waals surface area contributed by atoms with Gasteiger partial charge in [-0.05, 0) is 37.8 Å². The normalized spacial score (nSPS) is 16.0. The molecule has 0 atom stereocenters. The van der Waals surface area contributed by atoms with Crippen LogP contribution in [-0.2, 0) is 4.79 Å². The zero-order valence-corrected chi connectivity index (χ0v) is 12.2. The number of hydrogen-bond donors (Lipinski definition) is 1. The van der Waals surface area contributed by atoms with Gasteiger partial charge in [-0.3, -0.25) is 9.59 Å². The molecule has 1 aliphatic heterocycles. The molecule has 20 heavy (non-hydrogen) atoms. The van der Waals surface area contributed by atoms with Crippen molar-refractivity contribution in [1.82, 2.24) is 10.2 Å². The van der Waals surface area contributed by atoms with Gasteiger partial charge in [0.1, 0.15) is 0 Å². The molecule has 1 saturated heterocycles. The maximum atomic E-state index is 12.0. The highest BCUT2D eigenvalue weighted by atomic mass is 16.2. The van der Waals surface area contributed by atoms with E-state index in [0.29, 0.717) is 18.0 Å². The van der Waals surface area contributed by atoms with Gasteiger partial charge >= 0.3 is 0 Å². The molecule has 4 nitrogen and oxygen atoms in total. The van der Waals surface area contributed by atoms with Crippen LogP contribution in [0.2, 0.25) is 0 Å². The van der Waals surface area contributed by atoms with Crippen LogP contribution in [-0.4, -0.2) is 36.3 Å². The van der Waals surface area contributed by atoms with E-state index in [1.807, 2.05) is 36.1 Å². The largest absolute Gasteiger partial charge is 0.352 e. The highest BCUT2D eigenvalue weighted by Gasteiger charge is 2.21. The molecule has 0 radical (unpaired) electrons. The summed E-state index contributed by atoms with van der Waals surface area (Å²) in [6.45, 7) is 5.90. The van der Waals surface area contributed by atoms with Crippen molar-refractivity contribution in [3.63, 3.8) is 0 Å². The summed E-state index contributed by atoms with van der Waals surface area (Å²) < 4.78 is 0. The number of benzene rings is 1. The Kier molecular flexibility index (Phi) is 4.77. The number of carbonyl (C=O) groups excluding carboxylic acids is 2. The lowest BCUT2D eigenvalue weighted by Crippen LogP contribution is -2.40. The third kappa shape index (κ3) is 3.83. The van der Waals surface area contributed by atoms with E-state index in [1.165, 1.54) is 0 Å². The van der Waals surface area contributed by atoms with E-state index in [1.54, 1.807) is 6.92 Å². The molecule has 0 saturated carbocycles. The zero-order chi connectivity index (χ0) is 14.5. The van der Waals surface area contributed by atoms with Gasteiger partial charge in [0.2, 0.25) is 5.91 Å². The van der Waals surface area contributed by atoms with Crippen molar-refractivity contribution in [1.29, 1.82) is 0 Å². The molecule has 0 bridgehead atoms. The topological polar surface area (TPSA) is 49.4 Å². The van der Waals surface area contributed by atoms with Gasteiger partial charge in [-0.15, -0.1) is 0 Å². The second-order valence-electron chi connectivity index (χ2n) is 5.53. The van der Waals surface area contributed by atoms with E-state index in [4.69, 9.17) is 0 Å². The summed E-state index contributed by atoms with van der Waals surface area (Å²) in [4.78, 5) is 25.2. The molecule has 1 fully saturated rings. The van der Waals surface area contributed by atoms with Crippen molar-refractivity contribution in [2.45, 2.75) is 26.7 Å². The molecule has 1 heterocycles. The van der Waals surface area contributed by atoms with Gasteiger partial charge in [0.15, 0.2) is 0 Å². The molecule has 1 aromatic rings. The Morgan fingerprint density at radius 2 is 2.00 bits per heavy atom. The quantitative estimate of drug-likeness (QED) is 0.916. The van der Waals surface area contributed by atoms with Gasteiger partial charge in [0.05, 0.1) is 0 Å². The number of carbonyl (C=O) groups is 2. The fourth-order valence-corrected chi connectivity index (χ4v) is 2.58. The highest BCUT2D eigenvalue weighted by molar-refractivity contribution is 5.94. The van der Waals surface area contributed by atoms with Gasteiger partial charge in [0.25, 0.3) is 5.91 Å². The van der Waals surface area contributed by atoms with Crippen LogP contribution in [0, 0.1) is 12.8 Å². The first kappa shape index (κ1) is 14.6. The van der Waals surface area contributed by atoms with Gasteiger partial charge in [-0.1, -0.05) is 17.7 Å². The molecule has 1 aliphatic rings. The van der Waals surface area contributed by atoms with Crippen LogP contribution in [0.3, 0.4) is 0 Å². The minimum Gasteiger partial charge on any atom is -0.352 e. The maximum Gasteiger partial charge on any atom is 0.251 e. The molecule has 2 amide bonds. The number of aryl methyl sites for hydroxylation is 1. The first-order valence-electron chi connectivity index (χ1n) is 7.16. The Morgan fingerprint density at radius 1 is 1.30 bits per heavy atom. The average molecular weight is 274 g/mol. The maximum absolute atomic E-state index is 12.0. The number of amides is 2. The molecule has 1 N–H and O–H groups in total. The molecule has 108 valence electrons.